The summed E-state index contributed by atoms with van der Waals surface area (Å²) in [5, 5.41) is 3.49. The van der Waals surface area contributed by atoms with Gasteiger partial charge in [-0.05, 0) is 35.4 Å². The predicted molar refractivity (Wildman–Crippen MR) is 162 cm³/mol. The third-order valence-electron chi connectivity index (χ3n) is 7.20. The Morgan fingerprint density at radius 1 is 0.825 bits per heavy atom. The highest BCUT2D eigenvalue weighted by atomic mass is 35.5. The maximum absolute atomic E-state index is 13.9. The van der Waals surface area contributed by atoms with E-state index < -0.39 is 11.3 Å². The molecule has 3 N–H and O–H groups in total. The van der Waals surface area contributed by atoms with E-state index in [4.69, 9.17) is 11.6 Å². The first-order valence-electron chi connectivity index (χ1n) is 12.9. The molecular formula is C32H23ClN4O2S. The van der Waals surface area contributed by atoms with Crippen LogP contribution in [0.3, 0.4) is 0 Å². The number of aromatic amines is 2. The molecule has 2 amide bonds. The lowest BCUT2D eigenvalue weighted by atomic mass is 10.0. The van der Waals surface area contributed by atoms with Crippen molar-refractivity contribution >= 4 is 57.0 Å². The Morgan fingerprint density at radius 3 is 2.27 bits per heavy atom. The van der Waals surface area contributed by atoms with Crippen molar-refractivity contribution in [2.75, 3.05) is 5.75 Å². The van der Waals surface area contributed by atoms with Gasteiger partial charge in [0.25, 0.3) is 11.8 Å². The zero-order valence-electron chi connectivity index (χ0n) is 21.1. The number of carbonyl (C=O) groups is 2. The first kappa shape index (κ1) is 24.6. The van der Waals surface area contributed by atoms with E-state index in [0.717, 1.165) is 49.8 Å². The van der Waals surface area contributed by atoms with Gasteiger partial charge in [-0.2, -0.15) is 0 Å². The lowest BCUT2D eigenvalue weighted by molar-refractivity contribution is -0.130. The number of benzene rings is 4. The van der Waals surface area contributed by atoms with Gasteiger partial charge in [0.05, 0.1) is 11.4 Å². The summed E-state index contributed by atoms with van der Waals surface area (Å²) >= 11 is 7.84. The third-order valence-corrected chi connectivity index (χ3v) is 8.61. The maximum atomic E-state index is 13.9. The first-order valence-corrected chi connectivity index (χ1v) is 14.3. The number of aromatic nitrogens is 2. The van der Waals surface area contributed by atoms with E-state index in [1.54, 1.807) is 6.07 Å². The highest BCUT2D eigenvalue weighted by Crippen LogP contribution is 2.45. The Labute approximate surface area is 239 Å². The second-order valence-electron chi connectivity index (χ2n) is 9.62. The minimum absolute atomic E-state index is 0.159. The smallest absolute Gasteiger partial charge is 0.286 e. The van der Waals surface area contributed by atoms with Crippen LogP contribution in [0.25, 0.3) is 44.2 Å². The molecule has 1 aliphatic heterocycles. The van der Waals surface area contributed by atoms with Crippen LogP contribution < -0.4 is 5.43 Å². The van der Waals surface area contributed by atoms with Crippen LogP contribution >= 0.6 is 23.4 Å². The average molecular weight is 563 g/mol. The Bertz CT molecular complexity index is 1900. The van der Waals surface area contributed by atoms with Crippen molar-refractivity contribution in [1.29, 1.82) is 0 Å². The van der Waals surface area contributed by atoms with Gasteiger partial charge in [-0.1, -0.05) is 90.5 Å². The fourth-order valence-electron chi connectivity index (χ4n) is 5.42. The van der Waals surface area contributed by atoms with Gasteiger partial charge in [-0.15, -0.1) is 11.8 Å². The Balaban J connectivity index is 1.32. The van der Waals surface area contributed by atoms with Gasteiger partial charge in [0.2, 0.25) is 0 Å². The van der Waals surface area contributed by atoms with Gasteiger partial charge < -0.3 is 9.97 Å². The molecule has 0 saturated carbocycles. The van der Waals surface area contributed by atoms with Crippen LogP contribution in [0.5, 0.6) is 0 Å². The number of halogens is 1. The average Bonchev–Trinajstić information content (AvgIpc) is 3.67. The summed E-state index contributed by atoms with van der Waals surface area (Å²) < 4.78 is 0. The first-order chi connectivity index (χ1) is 19.6. The fraction of sp³-hybridized carbons (Fsp3) is 0.0625. The zero-order valence-corrected chi connectivity index (χ0v) is 22.7. The van der Waals surface area contributed by atoms with Gasteiger partial charge in [0.1, 0.15) is 11.1 Å². The third kappa shape index (κ3) is 4.15. The molecule has 0 spiro atoms. The maximum Gasteiger partial charge on any atom is 0.286 e. The van der Waals surface area contributed by atoms with E-state index in [9.17, 15) is 9.59 Å². The quantitative estimate of drug-likeness (QED) is 0.203. The topological polar surface area (TPSA) is 81.0 Å². The Morgan fingerprint density at radius 2 is 1.50 bits per heavy atom. The molecular weight excluding hydrogens is 540 g/mol. The summed E-state index contributed by atoms with van der Waals surface area (Å²) in [5.74, 6) is -0.298. The lowest BCUT2D eigenvalue weighted by Gasteiger charge is -2.25. The SMILES string of the molecule is O=C(NN1C(=O)CSC1c1c(-c2ccccc2)[nH]c2ccccc12)c1[nH]c2ccc(Cl)cc2c1-c1ccccc1. The van der Waals surface area contributed by atoms with Crippen molar-refractivity contribution in [3.8, 4) is 22.4 Å². The predicted octanol–water partition coefficient (Wildman–Crippen LogP) is 7.56. The number of hydrogen-bond acceptors (Lipinski definition) is 3. The monoisotopic (exact) mass is 562 g/mol. The van der Waals surface area contributed by atoms with Crippen LogP contribution in [-0.2, 0) is 4.79 Å². The van der Waals surface area contributed by atoms with E-state index >= 15 is 0 Å². The van der Waals surface area contributed by atoms with Gasteiger partial charge >= 0.3 is 0 Å². The van der Waals surface area contributed by atoms with Crippen LogP contribution in [0.15, 0.2) is 103 Å². The Hall–Kier alpha value is -4.46. The van der Waals surface area contributed by atoms with Crippen molar-refractivity contribution in [3.05, 3.63) is 119 Å². The Kier molecular flexibility index (Phi) is 6.10. The molecule has 7 rings (SSSR count). The van der Waals surface area contributed by atoms with E-state index in [-0.39, 0.29) is 11.7 Å². The van der Waals surface area contributed by atoms with Crippen LogP contribution in [0.2, 0.25) is 5.02 Å². The minimum atomic E-state index is -0.415. The largest absolute Gasteiger partial charge is 0.354 e. The van der Waals surface area contributed by atoms with Crippen LogP contribution in [0.1, 0.15) is 21.4 Å². The van der Waals surface area contributed by atoms with E-state index in [1.165, 1.54) is 16.8 Å². The molecule has 0 bridgehead atoms. The van der Waals surface area contributed by atoms with Crippen LogP contribution in [0.4, 0.5) is 0 Å². The van der Waals surface area contributed by atoms with E-state index in [0.29, 0.717) is 10.7 Å². The normalized spacial score (nSPS) is 15.3. The molecule has 1 atom stereocenters. The molecule has 1 saturated heterocycles. The number of H-pyrrole nitrogens is 2. The molecule has 1 aliphatic rings. The summed E-state index contributed by atoms with van der Waals surface area (Å²) in [6.07, 6.45) is 0. The molecule has 6 aromatic rings. The van der Waals surface area contributed by atoms with Crippen molar-refractivity contribution in [2.45, 2.75) is 5.37 Å². The molecule has 8 heteroatoms. The van der Waals surface area contributed by atoms with Gasteiger partial charge in [0.15, 0.2) is 0 Å². The van der Waals surface area contributed by atoms with Crippen molar-refractivity contribution in [3.63, 3.8) is 0 Å². The van der Waals surface area contributed by atoms with Crippen LogP contribution in [-0.4, -0.2) is 32.5 Å². The molecule has 1 unspecified atom stereocenters. The standard InChI is InChI=1S/C32H23ClN4O2S/c33-21-15-16-25-23(17-21)27(19-9-3-1-4-10-19)30(35-25)31(39)36-37-26(38)18-40-32(37)28-22-13-7-8-14-24(22)34-29(28)20-11-5-2-6-12-20/h1-17,32,34-35H,18H2,(H,36,39). The lowest BCUT2D eigenvalue weighted by Crippen LogP contribution is -2.44. The van der Waals surface area contributed by atoms with Crippen molar-refractivity contribution < 1.29 is 9.59 Å². The number of hydrazine groups is 1. The minimum Gasteiger partial charge on any atom is -0.354 e. The number of hydrogen-bond donors (Lipinski definition) is 3. The molecule has 2 aromatic heterocycles. The highest BCUT2D eigenvalue weighted by molar-refractivity contribution is 8.00. The van der Waals surface area contributed by atoms with Gasteiger partial charge in [-0.25, -0.2) is 5.01 Å². The number of rotatable bonds is 5. The second kappa shape index (κ2) is 9.93. The number of nitrogens with zero attached hydrogens (tertiary/aromatic N) is 1. The molecule has 40 heavy (non-hydrogen) atoms. The van der Waals surface area contributed by atoms with E-state index in [1.807, 2.05) is 97.1 Å². The molecule has 1 fully saturated rings. The fourth-order valence-corrected chi connectivity index (χ4v) is 6.76. The number of carbonyl (C=O) groups excluding carboxylic acids is 2. The van der Waals surface area contributed by atoms with Crippen molar-refractivity contribution in [2.24, 2.45) is 0 Å². The number of nitrogens with one attached hydrogen (secondary N) is 3. The summed E-state index contributed by atoms with van der Waals surface area (Å²) in [4.78, 5) is 34.0. The zero-order chi connectivity index (χ0) is 27.2. The number of para-hydroxylation sites is 1. The second-order valence-corrected chi connectivity index (χ2v) is 11.1. The van der Waals surface area contributed by atoms with Crippen molar-refractivity contribution in [1.82, 2.24) is 20.4 Å². The number of amides is 2. The van der Waals surface area contributed by atoms with E-state index in [2.05, 4.69) is 15.4 Å². The summed E-state index contributed by atoms with van der Waals surface area (Å²) in [5.41, 5.74) is 9.61. The molecule has 0 radical (unpaired) electrons. The molecule has 0 aliphatic carbocycles. The molecule has 3 heterocycles. The summed E-state index contributed by atoms with van der Waals surface area (Å²) in [7, 11) is 0. The van der Waals surface area contributed by atoms with Crippen LogP contribution in [0, 0.1) is 0 Å². The number of fused-ring (bicyclic) bond motifs is 2. The summed E-state index contributed by atoms with van der Waals surface area (Å²) in [6, 6.07) is 33.3. The molecule has 6 nitrogen and oxygen atoms in total. The van der Waals surface area contributed by atoms with Gasteiger partial charge in [0, 0.05) is 38.0 Å². The van der Waals surface area contributed by atoms with Gasteiger partial charge in [-0.3, -0.25) is 15.0 Å². The molecule has 196 valence electrons. The molecule has 4 aromatic carbocycles. The number of thioether (sulfide) groups is 1. The highest BCUT2D eigenvalue weighted by Gasteiger charge is 2.38. The summed E-state index contributed by atoms with van der Waals surface area (Å²) in [6.45, 7) is 0.